The minimum atomic E-state index is -0.189. The van der Waals surface area contributed by atoms with Crippen molar-refractivity contribution < 1.29 is 5.11 Å². The third-order valence-electron chi connectivity index (χ3n) is 5.15. The first-order chi connectivity index (χ1) is 8.86. The summed E-state index contributed by atoms with van der Waals surface area (Å²) in [6.07, 6.45) is 15.3. The van der Waals surface area contributed by atoms with Crippen LogP contribution in [0.25, 0.3) is 0 Å². The molecule has 0 heterocycles. The van der Waals surface area contributed by atoms with Gasteiger partial charge in [0.05, 0.1) is 6.10 Å². The molecule has 18 heavy (non-hydrogen) atoms. The lowest BCUT2D eigenvalue weighted by atomic mass is 9.87. The molecule has 0 amide bonds. The highest BCUT2D eigenvalue weighted by atomic mass is 16.3. The number of rotatable bonds is 0. The van der Waals surface area contributed by atoms with Crippen molar-refractivity contribution in [2.75, 3.05) is 0 Å². The summed E-state index contributed by atoms with van der Waals surface area (Å²) in [6, 6.07) is 0. The molecule has 100 valence electrons. The first kappa shape index (κ1) is 12.5. The van der Waals surface area contributed by atoms with Gasteiger partial charge < -0.3 is 5.11 Å². The Morgan fingerprint density at radius 1 is 0.556 bits per heavy atom. The van der Waals surface area contributed by atoms with Gasteiger partial charge in [0.25, 0.3) is 0 Å². The average Bonchev–Trinajstić information content (AvgIpc) is 2.83. The van der Waals surface area contributed by atoms with Gasteiger partial charge in [0, 0.05) is 0 Å². The van der Waals surface area contributed by atoms with E-state index in [9.17, 15) is 5.11 Å². The minimum absolute atomic E-state index is 0.189. The van der Waals surface area contributed by atoms with Gasteiger partial charge in [-0.05, 0) is 75.4 Å². The summed E-state index contributed by atoms with van der Waals surface area (Å²) >= 11 is 0. The largest absolute Gasteiger partial charge is 0.384 e. The second-order valence-electron chi connectivity index (χ2n) is 6.28. The molecule has 0 aromatic carbocycles. The highest BCUT2D eigenvalue weighted by molar-refractivity contribution is 5.38. The highest BCUT2D eigenvalue weighted by Gasteiger charge is 2.29. The zero-order chi connectivity index (χ0) is 12.4. The molecule has 0 aromatic heterocycles. The van der Waals surface area contributed by atoms with E-state index in [0.717, 1.165) is 12.8 Å². The Labute approximate surface area is 111 Å². The Bertz CT molecular complexity index is 323. The Morgan fingerprint density at radius 3 is 1.33 bits per heavy atom. The van der Waals surface area contributed by atoms with Crippen LogP contribution < -0.4 is 0 Å². The summed E-state index contributed by atoms with van der Waals surface area (Å²) < 4.78 is 0. The lowest BCUT2D eigenvalue weighted by Crippen LogP contribution is -2.12. The van der Waals surface area contributed by atoms with Crippen molar-refractivity contribution in [1.29, 1.82) is 0 Å². The van der Waals surface area contributed by atoms with Gasteiger partial charge in [-0.3, -0.25) is 0 Å². The maximum absolute atomic E-state index is 10.6. The normalized spacial score (nSPS) is 27.2. The lowest BCUT2D eigenvalue weighted by molar-refractivity contribution is 0.250. The van der Waals surface area contributed by atoms with Crippen molar-refractivity contribution in [2.24, 2.45) is 0 Å². The van der Waals surface area contributed by atoms with E-state index in [1.807, 2.05) is 0 Å². The van der Waals surface area contributed by atoms with Crippen molar-refractivity contribution in [3.05, 3.63) is 22.3 Å². The molecule has 1 N–H and O–H groups in total. The number of allylic oxidation sites excluding steroid dienone is 2. The van der Waals surface area contributed by atoms with Gasteiger partial charge in [-0.25, -0.2) is 0 Å². The molecule has 3 aliphatic rings. The van der Waals surface area contributed by atoms with Gasteiger partial charge in [0.15, 0.2) is 0 Å². The second-order valence-corrected chi connectivity index (χ2v) is 6.28. The van der Waals surface area contributed by atoms with E-state index in [4.69, 9.17) is 0 Å². The zero-order valence-corrected chi connectivity index (χ0v) is 11.5. The summed E-state index contributed by atoms with van der Waals surface area (Å²) in [5.74, 6) is 0. The molecule has 0 bridgehead atoms. The number of aliphatic hydroxyl groups excluding tert-OH is 1. The zero-order valence-electron chi connectivity index (χ0n) is 11.5. The molecule has 0 spiro atoms. The van der Waals surface area contributed by atoms with E-state index < -0.39 is 0 Å². The Hall–Kier alpha value is -0.560. The smallest absolute Gasteiger partial charge is 0.0966 e. The van der Waals surface area contributed by atoms with Crippen molar-refractivity contribution in [3.8, 4) is 0 Å². The maximum Gasteiger partial charge on any atom is 0.0966 e. The molecular weight excluding hydrogens is 220 g/mol. The Morgan fingerprint density at radius 2 is 0.944 bits per heavy atom. The van der Waals surface area contributed by atoms with E-state index in [1.165, 1.54) is 75.4 Å². The monoisotopic (exact) mass is 246 g/mol. The van der Waals surface area contributed by atoms with Crippen LogP contribution in [0.4, 0.5) is 0 Å². The third-order valence-corrected chi connectivity index (χ3v) is 5.15. The summed E-state index contributed by atoms with van der Waals surface area (Å²) in [6.45, 7) is 0. The third kappa shape index (κ3) is 2.42. The van der Waals surface area contributed by atoms with Gasteiger partial charge in [0.1, 0.15) is 0 Å². The van der Waals surface area contributed by atoms with Crippen molar-refractivity contribution >= 4 is 0 Å². The molecule has 0 saturated heterocycles. The Balaban J connectivity index is 1.81. The van der Waals surface area contributed by atoms with Crippen LogP contribution in [-0.2, 0) is 0 Å². The van der Waals surface area contributed by atoms with Crippen molar-refractivity contribution in [3.63, 3.8) is 0 Å². The van der Waals surface area contributed by atoms with Crippen LogP contribution in [0.5, 0.6) is 0 Å². The first-order valence-electron chi connectivity index (χ1n) is 7.96. The van der Waals surface area contributed by atoms with Gasteiger partial charge >= 0.3 is 0 Å². The molecule has 0 atom stereocenters. The van der Waals surface area contributed by atoms with E-state index in [0.29, 0.717) is 0 Å². The average molecular weight is 246 g/mol. The SMILES string of the molecule is OC1C(=C2CCCCC2)CCC1=C1CCCCC1. The van der Waals surface area contributed by atoms with Crippen LogP contribution in [0.3, 0.4) is 0 Å². The van der Waals surface area contributed by atoms with Gasteiger partial charge in [-0.15, -0.1) is 0 Å². The molecular formula is C17H26O. The van der Waals surface area contributed by atoms with Crippen LogP contribution in [0.15, 0.2) is 22.3 Å². The van der Waals surface area contributed by atoms with Crippen molar-refractivity contribution in [2.45, 2.75) is 83.2 Å². The lowest BCUT2D eigenvalue weighted by Gasteiger charge is -2.21. The fourth-order valence-corrected chi connectivity index (χ4v) is 4.09. The van der Waals surface area contributed by atoms with E-state index in [1.54, 1.807) is 11.1 Å². The van der Waals surface area contributed by atoms with E-state index in [2.05, 4.69) is 0 Å². The molecule has 3 rings (SSSR count). The molecule has 1 heteroatoms. The highest BCUT2D eigenvalue weighted by Crippen LogP contribution is 2.41. The fraction of sp³-hybridized carbons (Fsp3) is 0.765. The molecule has 0 aliphatic heterocycles. The van der Waals surface area contributed by atoms with Gasteiger partial charge in [0.2, 0.25) is 0 Å². The standard InChI is InChI=1S/C17H26O/c18-17-15(13-7-3-1-4-8-13)11-12-16(17)14-9-5-2-6-10-14/h17-18H,1-12H2. The second kappa shape index (κ2) is 5.61. The summed E-state index contributed by atoms with van der Waals surface area (Å²) in [7, 11) is 0. The summed E-state index contributed by atoms with van der Waals surface area (Å²) in [5.41, 5.74) is 6.06. The van der Waals surface area contributed by atoms with Crippen LogP contribution in [-0.4, -0.2) is 11.2 Å². The van der Waals surface area contributed by atoms with Crippen LogP contribution in [0, 0.1) is 0 Å². The molecule has 3 fully saturated rings. The number of hydrogen-bond acceptors (Lipinski definition) is 1. The molecule has 0 radical (unpaired) electrons. The maximum atomic E-state index is 10.6. The van der Waals surface area contributed by atoms with Crippen LogP contribution >= 0.6 is 0 Å². The molecule has 0 aromatic rings. The molecule has 3 saturated carbocycles. The number of hydrogen-bond donors (Lipinski definition) is 1. The molecule has 1 nitrogen and oxygen atoms in total. The minimum Gasteiger partial charge on any atom is -0.384 e. The van der Waals surface area contributed by atoms with E-state index >= 15 is 0 Å². The number of aliphatic hydroxyl groups is 1. The first-order valence-corrected chi connectivity index (χ1v) is 7.96. The van der Waals surface area contributed by atoms with Crippen LogP contribution in [0.1, 0.15) is 77.0 Å². The molecule has 0 unspecified atom stereocenters. The summed E-state index contributed by atoms with van der Waals surface area (Å²) in [5, 5.41) is 10.6. The fourth-order valence-electron chi connectivity index (χ4n) is 4.09. The van der Waals surface area contributed by atoms with Gasteiger partial charge in [-0.2, -0.15) is 0 Å². The predicted octanol–water partition coefficient (Wildman–Crippen LogP) is 4.66. The van der Waals surface area contributed by atoms with Gasteiger partial charge in [-0.1, -0.05) is 24.0 Å². The quantitative estimate of drug-likeness (QED) is 0.616. The Kier molecular flexibility index (Phi) is 3.88. The molecule has 3 aliphatic carbocycles. The summed E-state index contributed by atoms with van der Waals surface area (Å²) in [4.78, 5) is 0. The topological polar surface area (TPSA) is 20.2 Å². The van der Waals surface area contributed by atoms with E-state index in [-0.39, 0.29) is 6.10 Å². The van der Waals surface area contributed by atoms with Crippen molar-refractivity contribution in [1.82, 2.24) is 0 Å². The predicted molar refractivity (Wildman–Crippen MR) is 75.5 cm³/mol. The van der Waals surface area contributed by atoms with Crippen LogP contribution in [0.2, 0.25) is 0 Å².